The number of hydrogen-bond acceptors (Lipinski definition) is 5. The first-order valence-corrected chi connectivity index (χ1v) is 7.93. The monoisotopic (exact) mass is 301 g/mol. The van der Waals surface area contributed by atoms with Gasteiger partial charge in [-0.3, -0.25) is 0 Å². The first-order chi connectivity index (χ1) is 9.39. The minimum atomic E-state index is -2.94. The maximum absolute atomic E-state index is 13.4. The van der Waals surface area contributed by atoms with Crippen molar-refractivity contribution >= 4 is 15.7 Å². The zero-order valence-corrected chi connectivity index (χ0v) is 11.5. The molecule has 1 unspecified atom stereocenters. The molecule has 1 aromatic carbocycles. The zero-order chi connectivity index (χ0) is 14.8. The second-order valence-corrected chi connectivity index (χ2v) is 7.04. The van der Waals surface area contributed by atoms with E-state index in [1.807, 2.05) is 0 Å². The summed E-state index contributed by atoms with van der Waals surface area (Å²) in [5.41, 5.74) is 6.31. The number of nitrogens with zero attached hydrogens (tertiary/aromatic N) is 1. The highest BCUT2D eigenvalue weighted by Crippen LogP contribution is 2.13. The van der Waals surface area contributed by atoms with E-state index in [1.54, 1.807) is 6.07 Å². The van der Waals surface area contributed by atoms with Gasteiger partial charge in [0, 0.05) is 18.2 Å². The van der Waals surface area contributed by atoms with Crippen molar-refractivity contribution in [3.63, 3.8) is 0 Å². The second kappa shape index (κ2) is 5.76. The van der Waals surface area contributed by atoms with Gasteiger partial charge in [0.2, 0.25) is 0 Å². The second-order valence-electron chi connectivity index (χ2n) is 4.81. The molecule has 0 radical (unpaired) electrons. The summed E-state index contributed by atoms with van der Waals surface area (Å²) >= 11 is 0. The Morgan fingerprint density at radius 3 is 2.85 bits per heavy atom. The van der Waals surface area contributed by atoms with Crippen molar-refractivity contribution in [3.05, 3.63) is 35.1 Å². The highest BCUT2D eigenvalue weighted by atomic mass is 32.2. The summed E-state index contributed by atoms with van der Waals surface area (Å²) in [6.45, 7) is 0.323. The van der Waals surface area contributed by atoms with Gasteiger partial charge in [0.25, 0.3) is 0 Å². The van der Waals surface area contributed by atoms with Crippen molar-refractivity contribution in [3.8, 4) is 0 Å². The van der Waals surface area contributed by atoms with Crippen LogP contribution in [0, 0.1) is 5.82 Å². The van der Waals surface area contributed by atoms with E-state index in [0.29, 0.717) is 18.5 Å². The van der Waals surface area contributed by atoms with E-state index in [-0.39, 0.29) is 28.9 Å². The molecule has 0 amide bonds. The van der Waals surface area contributed by atoms with Crippen molar-refractivity contribution in [2.24, 2.45) is 10.9 Å². The molecule has 1 fully saturated rings. The van der Waals surface area contributed by atoms with Gasteiger partial charge in [-0.25, -0.2) is 12.8 Å². The summed E-state index contributed by atoms with van der Waals surface area (Å²) < 4.78 is 36.1. The van der Waals surface area contributed by atoms with E-state index in [0.717, 1.165) is 0 Å². The minimum Gasteiger partial charge on any atom is -0.409 e. The van der Waals surface area contributed by atoms with E-state index in [2.05, 4.69) is 10.5 Å². The Hall–Kier alpha value is -1.67. The molecule has 1 atom stereocenters. The predicted molar refractivity (Wildman–Crippen MR) is 72.8 cm³/mol. The molecular formula is C12H16FN3O3S. The standard InChI is InChI=1S/C12H16FN3O3S/c13-10-4-8(3-9(5-10)12(14)16-17)6-15-11-1-2-20(18,19)7-11/h3-5,11,15,17H,1-2,6-7H2,(H2,14,16). The SMILES string of the molecule is N/C(=N/O)c1cc(F)cc(CNC2CCS(=O)(=O)C2)c1. The molecule has 0 saturated carbocycles. The average Bonchev–Trinajstić information content (AvgIpc) is 2.74. The topological polar surface area (TPSA) is 105 Å². The van der Waals surface area contributed by atoms with E-state index >= 15 is 0 Å². The Bertz CT molecular complexity index is 631. The van der Waals surface area contributed by atoms with Gasteiger partial charge in [0.05, 0.1) is 11.5 Å². The van der Waals surface area contributed by atoms with Crippen LogP contribution in [0.25, 0.3) is 0 Å². The number of nitrogens with one attached hydrogen (secondary N) is 1. The molecule has 110 valence electrons. The van der Waals surface area contributed by atoms with Crippen molar-refractivity contribution in [1.82, 2.24) is 5.32 Å². The largest absolute Gasteiger partial charge is 0.409 e. The minimum absolute atomic E-state index is 0.107. The molecule has 0 bridgehead atoms. The van der Waals surface area contributed by atoms with Gasteiger partial charge in [-0.15, -0.1) is 0 Å². The molecule has 1 saturated heterocycles. The molecule has 6 nitrogen and oxygen atoms in total. The number of halogens is 1. The number of nitrogens with two attached hydrogens (primary N) is 1. The van der Waals surface area contributed by atoms with Crippen LogP contribution in [0.4, 0.5) is 4.39 Å². The van der Waals surface area contributed by atoms with Gasteiger partial charge >= 0.3 is 0 Å². The zero-order valence-electron chi connectivity index (χ0n) is 10.7. The van der Waals surface area contributed by atoms with Crippen LogP contribution in [0.5, 0.6) is 0 Å². The van der Waals surface area contributed by atoms with Gasteiger partial charge in [0.1, 0.15) is 5.82 Å². The normalized spacial score (nSPS) is 22.1. The Labute approximate surface area is 116 Å². The molecule has 0 aromatic heterocycles. The van der Waals surface area contributed by atoms with Crippen LogP contribution in [-0.2, 0) is 16.4 Å². The molecular weight excluding hydrogens is 285 g/mol. The predicted octanol–water partition coefficient (Wildman–Crippen LogP) is 0.197. The maximum Gasteiger partial charge on any atom is 0.170 e. The number of hydrogen-bond donors (Lipinski definition) is 3. The lowest BCUT2D eigenvalue weighted by Gasteiger charge is -2.11. The number of oxime groups is 1. The van der Waals surface area contributed by atoms with E-state index < -0.39 is 15.7 Å². The van der Waals surface area contributed by atoms with Gasteiger partial charge in [-0.1, -0.05) is 5.16 Å². The molecule has 4 N–H and O–H groups in total. The fourth-order valence-electron chi connectivity index (χ4n) is 2.18. The molecule has 1 aliphatic rings. The first-order valence-electron chi connectivity index (χ1n) is 6.11. The molecule has 8 heteroatoms. The molecule has 20 heavy (non-hydrogen) atoms. The summed E-state index contributed by atoms with van der Waals surface area (Å²) in [6, 6.07) is 3.97. The van der Waals surface area contributed by atoms with Crippen LogP contribution < -0.4 is 11.1 Å². The van der Waals surface area contributed by atoms with Crippen LogP contribution >= 0.6 is 0 Å². The Morgan fingerprint density at radius 2 is 2.25 bits per heavy atom. The Morgan fingerprint density at radius 1 is 1.50 bits per heavy atom. The lowest BCUT2D eigenvalue weighted by Crippen LogP contribution is -2.29. The van der Waals surface area contributed by atoms with E-state index in [4.69, 9.17) is 10.9 Å². The highest BCUT2D eigenvalue weighted by Gasteiger charge is 2.27. The van der Waals surface area contributed by atoms with Crippen molar-refractivity contribution in [2.75, 3.05) is 11.5 Å². The number of sulfone groups is 1. The summed E-state index contributed by atoms with van der Waals surface area (Å²) in [5.74, 6) is -0.377. The smallest absolute Gasteiger partial charge is 0.170 e. The van der Waals surface area contributed by atoms with Crippen molar-refractivity contribution in [2.45, 2.75) is 19.0 Å². The molecule has 0 spiro atoms. The highest BCUT2D eigenvalue weighted by molar-refractivity contribution is 7.91. The average molecular weight is 301 g/mol. The molecule has 1 heterocycles. The summed E-state index contributed by atoms with van der Waals surface area (Å²) in [7, 11) is -2.94. The Balaban J connectivity index is 2.05. The Kier molecular flexibility index (Phi) is 4.24. The third kappa shape index (κ3) is 3.67. The van der Waals surface area contributed by atoms with Crippen molar-refractivity contribution < 1.29 is 18.0 Å². The summed E-state index contributed by atoms with van der Waals surface area (Å²) in [6.07, 6.45) is 0.560. The van der Waals surface area contributed by atoms with Gasteiger partial charge in [0.15, 0.2) is 15.7 Å². The van der Waals surface area contributed by atoms with Gasteiger partial charge < -0.3 is 16.3 Å². The van der Waals surface area contributed by atoms with Crippen LogP contribution in [0.2, 0.25) is 0 Å². The summed E-state index contributed by atoms with van der Waals surface area (Å²) in [4.78, 5) is 0. The summed E-state index contributed by atoms with van der Waals surface area (Å²) in [5, 5.41) is 14.5. The first kappa shape index (κ1) is 14.7. The molecule has 1 aromatic rings. The van der Waals surface area contributed by atoms with Crippen LogP contribution in [-0.4, -0.2) is 37.0 Å². The van der Waals surface area contributed by atoms with Crippen LogP contribution in [0.3, 0.4) is 0 Å². The van der Waals surface area contributed by atoms with Crippen LogP contribution in [0.1, 0.15) is 17.5 Å². The maximum atomic E-state index is 13.4. The molecule has 0 aliphatic carbocycles. The lowest BCUT2D eigenvalue weighted by molar-refractivity contribution is 0.318. The fourth-order valence-corrected chi connectivity index (χ4v) is 3.88. The van der Waals surface area contributed by atoms with E-state index in [1.165, 1.54) is 12.1 Å². The van der Waals surface area contributed by atoms with Gasteiger partial charge in [-0.05, 0) is 30.2 Å². The molecule has 2 rings (SSSR count). The van der Waals surface area contributed by atoms with Crippen molar-refractivity contribution in [1.29, 1.82) is 0 Å². The fraction of sp³-hybridized carbons (Fsp3) is 0.417. The van der Waals surface area contributed by atoms with Gasteiger partial charge in [-0.2, -0.15) is 0 Å². The number of amidine groups is 1. The molecule has 1 aliphatic heterocycles. The van der Waals surface area contributed by atoms with E-state index in [9.17, 15) is 12.8 Å². The number of rotatable bonds is 4. The lowest BCUT2D eigenvalue weighted by atomic mass is 10.1. The third-order valence-corrected chi connectivity index (χ3v) is 4.96. The van der Waals surface area contributed by atoms with Crippen LogP contribution in [0.15, 0.2) is 23.4 Å². The third-order valence-electron chi connectivity index (χ3n) is 3.19. The quantitative estimate of drug-likeness (QED) is 0.319. The number of benzene rings is 1.